The molecule has 0 aliphatic heterocycles. The van der Waals surface area contributed by atoms with Crippen LogP contribution in [0.4, 0.5) is 5.82 Å². The standard InChI is InChI=1S/C13H14BrN3/c1-3-15-13-11(14)8-16-12(17-13)10-7-5-4-6-9(10)2/h4-8H,3H2,1-2H3,(H,15,16,17). The van der Waals surface area contributed by atoms with Gasteiger partial charge in [0.1, 0.15) is 5.82 Å². The first-order valence-electron chi connectivity index (χ1n) is 5.54. The molecule has 3 nitrogen and oxygen atoms in total. The fourth-order valence-corrected chi connectivity index (χ4v) is 1.94. The number of rotatable bonds is 3. The van der Waals surface area contributed by atoms with Crippen LogP contribution in [0.15, 0.2) is 34.9 Å². The van der Waals surface area contributed by atoms with E-state index in [9.17, 15) is 0 Å². The number of aromatic nitrogens is 2. The number of nitrogens with zero attached hydrogens (tertiary/aromatic N) is 2. The number of aryl methyl sites for hydroxylation is 1. The van der Waals surface area contributed by atoms with Crippen molar-refractivity contribution in [3.63, 3.8) is 0 Å². The number of halogens is 1. The highest BCUT2D eigenvalue weighted by atomic mass is 79.9. The zero-order chi connectivity index (χ0) is 12.3. The van der Waals surface area contributed by atoms with E-state index in [4.69, 9.17) is 0 Å². The molecular formula is C13H14BrN3. The number of benzene rings is 1. The van der Waals surface area contributed by atoms with Gasteiger partial charge in [0.2, 0.25) is 0 Å². The smallest absolute Gasteiger partial charge is 0.161 e. The van der Waals surface area contributed by atoms with Gasteiger partial charge < -0.3 is 5.32 Å². The molecule has 0 amide bonds. The van der Waals surface area contributed by atoms with Gasteiger partial charge in [-0.3, -0.25) is 0 Å². The lowest BCUT2D eigenvalue weighted by atomic mass is 10.1. The molecular weight excluding hydrogens is 278 g/mol. The first-order valence-corrected chi connectivity index (χ1v) is 6.34. The Labute approximate surface area is 109 Å². The van der Waals surface area contributed by atoms with Crippen LogP contribution in [0.5, 0.6) is 0 Å². The predicted octanol–water partition coefficient (Wildman–Crippen LogP) is 3.65. The highest BCUT2D eigenvalue weighted by Gasteiger charge is 2.07. The van der Waals surface area contributed by atoms with Gasteiger partial charge in [-0.05, 0) is 35.3 Å². The van der Waals surface area contributed by atoms with E-state index in [0.717, 1.165) is 28.2 Å². The topological polar surface area (TPSA) is 37.8 Å². The van der Waals surface area contributed by atoms with Crippen molar-refractivity contribution in [2.24, 2.45) is 0 Å². The van der Waals surface area contributed by atoms with E-state index >= 15 is 0 Å². The summed E-state index contributed by atoms with van der Waals surface area (Å²) in [5, 5.41) is 3.21. The third kappa shape index (κ3) is 2.64. The average Bonchev–Trinajstić information content (AvgIpc) is 2.33. The summed E-state index contributed by atoms with van der Waals surface area (Å²) < 4.78 is 0.886. The zero-order valence-corrected chi connectivity index (χ0v) is 11.5. The van der Waals surface area contributed by atoms with Crippen molar-refractivity contribution in [1.82, 2.24) is 9.97 Å². The predicted molar refractivity (Wildman–Crippen MR) is 74.1 cm³/mol. The fourth-order valence-electron chi connectivity index (χ4n) is 1.61. The van der Waals surface area contributed by atoms with Crippen molar-refractivity contribution in [2.45, 2.75) is 13.8 Å². The van der Waals surface area contributed by atoms with E-state index in [-0.39, 0.29) is 0 Å². The second-order valence-corrected chi connectivity index (χ2v) is 4.59. The second-order valence-electron chi connectivity index (χ2n) is 3.74. The van der Waals surface area contributed by atoms with Gasteiger partial charge in [0, 0.05) is 18.3 Å². The Morgan fingerprint density at radius 2 is 2.06 bits per heavy atom. The van der Waals surface area contributed by atoms with Crippen LogP contribution >= 0.6 is 15.9 Å². The summed E-state index contributed by atoms with van der Waals surface area (Å²) in [5.74, 6) is 1.59. The first-order chi connectivity index (χ1) is 8.22. The number of nitrogens with one attached hydrogen (secondary N) is 1. The van der Waals surface area contributed by atoms with Gasteiger partial charge in [0.15, 0.2) is 5.82 Å². The van der Waals surface area contributed by atoms with Gasteiger partial charge in [-0.2, -0.15) is 0 Å². The zero-order valence-electron chi connectivity index (χ0n) is 9.87. The molecule has 0 bridgehead atoms. The Kier molecular flexibility index (Phi) is 3.74. The minimum absolute atomic E-state index is 0.752. The maximum atomic E-state index is 4.52. The Balaban J connectivity index is 2.46. The summed E-state index contributed by atoms with van der Waals surface area (Å²) in [7, 11) is 0. The maximum Gasteiger partial charge on any atom is 0.161 e. The quantitative estimate of drug-likeness (QED) is 0.938. The lowest BCUT2D eigenvalue weighted by Crippen LogP contribution is -2.02. The van der Waals surface area contributed by atoms with Crippen molar-refractivity contribution in [3.8, 4) is 11.4 Å². The molecule has 1 N–H and O–H groups in total. The van der Waals surface area contributed by atoms with Crippen LogP contribution in [-0.4, -0.2) is 16.5 Å². The van der Waals surface area contributed by atoms with Crippen LogP contribution in [0.2, 0.25) is 0 Å². The van der Waals surface area contributed by atoms with Crippen LogP contribution in [0.1, 0.15) is 12.5 Å². The average molecular weight is 292 g/mol. The number of hydrogen-bond acceptors (Lipinski definition) is 3. The van der Waals surface area contributed by atoms with Crippen LogP contribution in [0.25, 0.3) is 11.4 Å². The highest BCUT2D eigenvalue weighted by Crippen LogP contribution is 2.24. The largest absolute Gasteiger partial charge is 0.369 e. The fraction of sp³-hybridized carbons (Fsp3) is 0.231. The molecule has 1 heterocycles. The number of hydrogen-bond donors (Lipinski definition) is 1. The lowest BCUT2D eigenvalue weighted by molar-refractivity contribution is 1.10. The molecule has 2 aromatic rings. The lowest BCUT2D eigenvalue weighted by Gasteiger charge is -2.08. The van der Waals surface area contributed by atoms with Gasteiger partial charge in [0.05, 0.1) is 4.47 Å². The summed E-state index contributed by atoms with van der Waals surface area (Å²) in [6, 6.07) is 8.12. The van der Waals surface area contributed by atoms with E-state index in [1.54, 1.807) is 6.20 Å². The molecule has 0 spiro atoms. The molecule has 17 heavy (non-hydrogen) atoms. The van der Waals surface area contributed by atoms with Gasteiger partial charge in [0.25, 0.3) is 0 Å². The summed E-state index contributed by atoms with van der Waals surface area (Å²) >= 11 is 3.44. The van der Waals surface area contributed by atoms with Crippen molar-refractivity contribution in [3.05, 3.63) is 40.5 Å². The molecule has 88 valence electrons. The number of anilines is 1. The molecule has 2 rings (SSSR count). The van der Waals surface area contributed by atoms with Crippen LogP contribution in [0, 0.1) is 6.92 Å². The van der Waals surface area contributed by atoms with Crippen molar-refractivity contribution >= 4 is 21.7 Å². The van der Waals surface area contributed by atoms with Crippen LogP contribution in [-0.2, 0) is 0 Å². The van der Waals surface area contributed by atoms with Crippen molar-refractivity contribution in [2.75, 3.05) is 11.9 Å². The van der Waals surface area contributed by atoms with E-state index in [1.165, 1.54) is 5.56 Å². The van der Waals surface area contributed by atoms with Crippen molar-refractivity contribution in [1.29, 1.82) is 0 Å². The van der Waals surface area contributed by atoms with E-state index in [1.807, 2.05) is 25.1 Å². The highest BCUT2D eigenvalue weighted by molar-refractivity contribution is 9.10. The Morgan fingerprint density at radius 3 is 2.76 bits per heavy atom. The molecule has 0 saturated carbocycles. The molecule has 0 atom stereocenters. The third-order valence-electron chi connectivity index (χ3n) is 2.47. The van der Waals surface area contributed by atoms with Gasteiger partial charge >= 0.3 is 0 Å². The molecule has 0 aliphatic rings. The first kappa shape index (κ1) is 12.0. The van der Waals surface area contributed by atoms with E-state index in [0.29, 0.717) is 0 Å². The Hall–Kier alpha value is -1.42. The Bertz CT molecular complexity index is 526. The van der Waals surface area contributed by atoms with Crippen molar-refractivity contribution < 1.29 is 0 Å². The van der Waals surface area contributed by atoms with Crippen LogP contribution < -0.4 is 5.32 Å². The summed E-state index contributed by atoms with van der Waals surface area (Å²) in [4.78, 5) is 8.88. The van der Waals surface area contributed by atoms with Gasteiger partial charge in [-0.25, -0.2) is 9.97 Å². The second kappa shape index (κ2) is 5.27. The van der Waals surface area contributed by atoms with E-state index in [2.05, 4.69) is 44.2 Å². The normalized spacial score (nSPS) is 10.3. The summed E-state index contributed by atoms with van der Waals surface area (Å²) in [6.45, 7) is 4.94. The van der Waals surface area contributed by atoms with Crippen LogP contribution in [0.3, 0.4) is 0 Å². The van der Waals surface area contributed by atoms with Gasteiger partial charge in [-0.1, -0.05) is 24.3 Å². The third-order valence-corrected chi connectivity index (χ3v) is 3.05. The maximum absolute atomic E-state index is 4.52. The van der Waals surface area contributed by atoms with E-state index < -0.39 is 0 Å². The molecule has 0 radical (unpaired) electrons. The summed E-state index contributed by atoms with van der Waals surface area (Å²) in [5.41, 5.74) is 2.25. The van der Waals surface area contributed by atoms with Gasteiger partial charge in [-0.15, -0.1) is 0 Å². The molecule has 1 aromatic heterocycles. The SMILES string of the molecule is CCNc1nc(-c2ccccc2C)ncc1Br. The monoisotopic (exact) mass is 291 g/mol. The molecule has 0 aliphatic carbocycles. The minimum atomic E-state index is 0.752. The molecule has 0 saturated heterocycles. The molecule has 1 aromatic carbocycles. The summed E-state index contributed by atoms with van der Waals surface area (Å²) in [6.07, 6.45) is 1.78. The molecule has 0 unspecified atom stereocenters. The molecule has 0 fully saturated rings. The minimum Gasteiger partial charge on any atom is -0.369 e. The molecule has 4 heteroatoms. The Morgan fingerprint density at radius 1 is 1.29 bits per heavy atom.